The Kier molecular flexibility index (Phi) is 5.97. The first kappa shape index (κ1) is 12.1. The molecule has 84 valence electrons. The molecule has 2 N–H and O–H groups in total. The molecule has 0 amide bonds. The first-order valence-corrected chi connectivity index (χ1v) is 5.68. The monoisotopic (exact) mass is 207 g/mol. The normalized spacial score (nSPS) is 10.9. The van der Waals surface area contributed by atoms with E-state index in [0.717, 1.165) is 32.6 Å². The van der Waals surface area contributed by atoms with Gasteiger partial charge in [-0.1, -0.05) is 13.0 Å². The van der Waals surface area contributed by atoms with Crippen LogP contribution in [-0.4, -0.2) is 29.5 Å². The minimum absolute atomic E-state index is 0.771. The van der Waals surface area contributed by atoms with Crippen LogP contribution in [0.25, 0.3) is 0 Å². The molecule has 3 heteroatoms. The maximum absolute atomic E-state index is 5.53. The van der Waals surface area contributed by atoms with Crippen molar-refractivity contribution in [2.45, 2.75) is 26.3 Å². The minimum atomic E-state index is 0.771. The van der Waals surface area contributed by atoms with E-state index in [4.69, 9.17) is 5.73 Å². The Bertz CT molecular complexity index is 248. The van der Waals surface area contributed by atoms with E-state index in [1.165, 1.54) is 12.0 Å². The van der Waals surface area contributed by atoms with Crippen LogP contribution in [-0.2, 0) is 6.54 Å². The highest BCUT2D eigenvalue weighted by Crippen LogP contribution is 2.04. The predicted octanol–water partition coefficient (Wildman–Crippen LogP) is 1.64. The molecule has 0 unspecified atom stereocenters. The zero-order valence-corrected chi connectivity index (χ0v) is 9.52. The van der Waals surface area contributed by atoms with Crippen LogP contribution < -0.4 is 5.73 Å². The lowest BCUT2D eigenvalue weighted by Crippen LogP contribution is -2.26. The molecular weight excluding hydrogens is 186 g/mol. The summed E-state index contributed by atoms with van der Waals surface area (Å²) in [7, 11) is 0. The summed E-state index contributed by atoms with van der Waals surface area (Å²) < 4.78 is 0. The highest BCUT2D eigenvalue weighted by molar-refractivity contribution is 5.07. The number of nitrogens with two attached hydrogens (primary N) is 1. The van der Waals surface area contributed by atoms with Crippen molar-refractivity contribution in [1.29, 1.82) is 0 Å². The molecule has 0 radical (unpaired) electrons. The van der Waals surface area contributed by atoms with Gasteiger partial charge in [0.2, 0.25) is 0 Å². The molecule has 0 spiro atoms. The molecule has 0 saturated carbocycles. The third-order valence-corrected chi connectivity index (χ3v) is 2.35. The van der Waals surface area contributed by atoms with Crippen LogP contribution in [0, 0.1) is 0 Å². The van der Waals surface area contributed by atoms with E-state index in [1.54, 1.807) is 0 Å². The molecule has 0 aliphatic carbocycles. The molecule has 0 fully saturated rings. The lowest BCUT2D eigenvalue weighted by molar-refractivity contribution is 0.264. The highest BCUT2D eigenvalue weighted by Gasteiger charge is 2.03. The average Bonchev–Trinajstić information content (AvgIpc) is 2.28. The van der Waals surface area contributed by atoms with Crippen molar-refractivity contribution in [3.05, 3.63) is 30.1 Å². The van der Waals surface area contributed by atoms with E-state index in [0.29, 0.717) is 0 Å². The van der Waals surface area contributed by atoms with Gasteiger partial charge < -0.3 is 5.73 Å². The fourth-order valence-corrected chi connectivity index (χ4v) is 1.65. The van der Waals surface area contributed by atoms with Gasteiger partial charge in [0.25, 0.3) is 0 Å². The summed E-state index contributed by atoms with van der Waals surface area (Å²) in [6.45, 7) is 6.18. The molecule has 0 aromatic carbocycles. The second kappa shape index (κ2) is 7.37. The molecular formula is C12H21N3. The smallest absolute Gasteiger partial charge is 0.0312 e. The third kappa shape index (κ3) is 4.91. The van der Waals surface area contributed by atoms with E-state index in [-0.39, 0.29) is 0 Å². The largest absolute Gasteiger partial charge is 0.330 e. The van der Waals surface area contributed by atoms with Crippen LogP contribution in [0.4, 0.5) is 0 Å². The summed E-state index contributed by atoms with van der Waals surface area (Å²) in [5.41, 5.74) is 6.81. The number of hydrogen-bond donors (Lipinski definition) is 1. The molecule has 3 nitrogen and oxygen atoms in total. The van der Waals surface area contributed by atoms with Crippen LogP contribution in [0.2, 0.25) is 0 Å². The second-order valence-corrected chi connectivity index (χ2v) is 3.78. The van der Waals surface area contributed by atoms with E-state index in [2.05, 4.69) is 22.9 Å². The molecule has 1 aromatic heterocycles. The summed E-state index contributed by atoms with van der Waals surface area (Å²) in [5.74, 6) is 0. The minimum Gasteiger partial charge on any atom is -0.330 e. The summed E-state index contributed by atoms with van der Waals surface area (Å²) in [6, 6.07) is 4.11. The van der Waals surface area contributed by atoms with Crippen molar-refractivity contribution in [3.63, 3.8) is 0 Å². The number of aromatic nitrogens is 1. The van der Waals surface area contributed by atoms with Crippen molar-refractivity contribution in [3.8, 4) is 0 Å². The van der Waals surface area contributed by atoms with E-state index in [9.17, 15) is 0 Å². The first-order valence-electron chi connectivity index (χ1n) is 5.68. The summed E-state index contributed by atoms with van der Waals surface area (Å²) in [5, 5.41) is 0. The van der Waals surface area contributed by atoms with Crippen LogP contribution in [0.15, 0.2) is 24.5 Å². The Labute approximate surface area is 92.3 Å². The molecule has 1 rings (SSSR count). The van der Waals surface area contributed by atoms with Gasteiger partial charge in [-0.15, -0.1) is 0 Å². The topological polar surface area (TPSA) is 42.1 Å². The summed E-state index contributed by atoms with van der Waals surface area (Å²) >= 11 is 0. The van der Waals surface area contributed by atoms with E-state index >= 15 is 0 Å². The van der Waals surface area contributed by atoms with Crippen molar-refractivity contribution in [2.24, 2.45) is 5.73 Å². The second-order valence-electron chi connectivity index (χ2n) is 3.78. The van der Waals surface area contributed by atoms with Crippen molar-refractivity contribution in [2.75, 3.05) is 19.6 Å². The number of pyridine rings is 1. The van der Waals surface area contributed by atoms with Gasteiger partial charge in [0, 0.05) is 18.9 Å². The first-order chi connectivity index (χ1) is 7.36. The Morgan fingerprint density at radius 2 is 2.27 bits per heavy atom. The van der Waals surface area contributed by atoms with Gasteiger partial charge in [0.15, 0.2) is 0 Å². The fourth-order valence-electron chi connectivity index (χ4n) is 1.65. The Balaban J connectivity index is 2.43. The van der Waals surface area contributed by atoms with Crippen molar-refractivity contribution >= 4 is 0 Å². The van der Waals surface area contributed by atoms with Gasteiger partial charge in [-0.2, -0.15) is 0 Å². The standard InChI is InChI=1S/C12H21N3/c1-2-8-15(9-4-6-13)11-12-5-3-7-14-10-12/h3,5,7,10H,2,4,6,8-9,11,13H2,1H3. The lowest BCUT2D eigenvalue weighted by atomic mass is 10.2. The zero-order valence-electron chi connectivity index (χ0n) is 9.52. The van der Waals surface area contributed by atoms with Crippen LogP contribution >= 0.6 is 0 Å². The van der Waals surface area contributed by atoms with Gasteiger partial charge in [0.05, 0.1) is 0 Å². The zero-order chi connectivity index (χ0) is 10.9. The van der Waals surface area contributed by atoms with Gasteiger partial charge >= 0.3 is 0 Å². The van der Waals surface area contributed by atoms with E-state index in [1.807, 2.05) is 18.5 Å². The number of nitrogens with zero attached hydrogens (tertiary/aromatic N) is 2. The maximum atomic E-state index is 5.53. The van der Waals surface area contributed by atoms with E-state index < -0.39 is 0 Å². The summed E-state index contributed by atoms with van der Waals surface area (Å²) in [4.78, 5) is 6.56. The van der Waals surface area contributed by atoms with Crippen LogP contribution in [0.5, 0.6) is 0 Å². The lowest BCUT2D eigenvalue weighted by Gasteiger charge is -2.21. The highest BCUT2D eigenvalue weighted by atomic mass is 15.1. The Morgan fingerprint density at radius 1 is 1.40 bits per heavy atom. The third-order valence-electron chi connectivity index (χ3n) is 2.35. The van der Waals surface area contributed by atoms with Gasteiger partial charge in [-0.3, -0.25) is 9.88 Å². The molecule has 0 saturated heterocycles. The molecule has 15 heavy (non-hydrogen) atoms. The molecule has 0 bridgehead atoms. The molecule has 1 aromatic rings. The molecule has 0 aliphatic rings. The predicted molar refractivity (Wildman–Crippen MR) is 63.5 cm³/mol. The maximum Gasteiger partial charge on any atom is 0.0312 e. The summed E-state index contributed by atoms with van der Waals surface area (Å²) in [6.07, 6.45) is 6.00. The molecule has 0 aliphatic heterocycles. The van der Waals surface area contributed by atoms with Gasteiger partial charge in [-0.05, 0) is 44.1 Å². The van der Waals surface area contributed by atoms with Crippen LogP contribution in [0.1, 0.15) is 25.3 Å². The number of rotatable bonds is 7. The Hall–Kier alpha value is -0.930. The average molecular weight is 207 g/mol. The van der Waals surface area contributed by atoms with Crippen molar-refractivity contribution < 1.29 is 0 Å². The van der Waals surface area contributed by atoms with Gasteiger partial charge in [-0.25, -0.2) is 0 Å². The SMILES string of the molecule is CCCN(CCCN)Cc1cccnc1. The van der Waals surface area contributed by atoms with Crippen molar-refractivity contribution in [1.82, 2.24) is 9.88 Å². The molecule has 1 heterocycles. The Morgan fingerprint density at radius 3 is 2.87 bits per heavy atom. The fraction of sp³-hybridized carbons (Fsp3) is 0.583. The molecule has 0 atom stereocenters. The quantitative estimate of drug-likeness (QED) is 0.739. The number of hydrogen-bond acceptors (Lipinski definition) is 3. The van der Waals surface area contributed by atoms with Gasteiger partial charge in [0.1, 0.15) is 0 Å². The van der Waals surface area contributed by atoms with Crippen LogP contribution in [0.3, 0.4) is 0 Å².